The van der Waals surface area contributed by atoms with Crippen molar-refractivity contribution in [2.45, 2.75) is 26.9 Å². The average molecular weight is 398 g/mol. The van der Waals surface area contributed by atoms with E-state index in [4.69, 9.17) is 11.6 Å². The second-order valence-electron chi connectivity index (χ2n) is 6.59. The normalized spacial score (nSPS) is 10.7. The number of benzene rings is 2. The molecule has 0 unspecified atom stereocenters. The van der Waals surface area contributed by atoms with Gasteiger partial charge in [0, 0.05) is 23.0 Å². The SMILES string of the molecule is Cc1ccc(NC(=O)Cn2c(=O)ccn(Cc3ccccc3C)c2=O)cc1Cl. The van der Waals surface area contributed by atoms with Crippen LogP contribution < -0.4 is 16.6 Å². The van der Waals surface area contributed by atoms with Gasteiger partial charge in [0.1, 0.15) is 6.54 Å². The van der Waals surface area contributed by atoms with Gasteiger partial charge in [-0.3, -0.25) is 18.7 Å². The molecule has 0 aliphatic carbocycles. The van der Waals surface area contributed by atoms with E-state index in [2.05, 4.69) is 5.32 Å². The molecule has 1 N–H and O–H groups in total. The number of hydrogen-bond donors (Lipinski definition) is 1. The van der Waals surface area contributed by atoms with Crippen LogP contribution in [-0.2, 0) is 17.9 Å². The van der Waals surface area contributed by atoms with Gasteiger partial charge in [0.05, 0.1) is 6.54 Å². The van der Waals surface area contributed by atoms with E-state index in [0.29, 0.717) is 17.3 Å². The first-order chi connectivity index (χ1) is 13.3. The lowest BCUT2D eigenvalue weighted by molar-refractivity contribution is -0.116. The number of hydrogen-bond acceptors (Lipinski definition) is 3. The third-order valence-corrected chi connectivity index (χ3v) is 4.91. The van der Waals surface area contributed by atoms with Crippen molar-refractivity contribution in [2.75, 3.05) is 5.32 Å². The van der Waals surface area contributed by atoms with Crippen LogP contribution in [-0.4, -0.2) is 15.0 Å². The van der Waals surface area contributed by atoms with E-state index in [-0.39, 0.29) is 6.54 Å². The van der Waals surface area contributed by atoms with Crippen LogP contribution in [0.4, 0.5) is 5.69 Å². The molecule has 6 nitrogen and oxygen atoms in total. The minimum Gasteiger partial charge on any atom is -0.324 e. The van der Waals surface area contributed by atoms with Gasteiger partial charge in [0.2, 0.25) is 5.91 Å². The van der Waals surface area contributed by atoms with Gasteiger partial charge in [0.15, 0.2) is 0 Å². The average Bonchev–Trinajstić information content (AvgIpc) is 2.66. The fourth-order valence-electron chi connectivity index (χ4n) is 2.81. The summed E-state index contributed by atoms with van der Waals surface area (Å²) in [5, 5.41) is 3.18. The smallest absolute Gasteiger partial charge is 0.324 e. The summed E-state index contributed by atoms with van der Waals surface area (Å²) in [4.78, 5) is 37.2. The number of carbonyl (C=O) groups is 1. The number of anilines is 1. The highest BCUT2D eigenvalue weighted by molar-refractivity contribution is 6.31. The lowest BCUT2D eigenvalue weighted by atomic mass is 10.1. The zero-order valence-electron chi connectivity index (χ0n) is 15.6. The molecular weight excluding hydrogens is 378 g/mol. The number of halogens is 1. The third kappa shape index (κ3) is 4.40. The summed E-state index contributed by atoms with van der Waals surface area (Å²) in [6.45, 7) is 3.75. The molecule has 0 saturated heterocycles. The Bertz CT molecular complexity index is 1150. The maximum atomic E-state index is 12.7. The molecule has 3 aromatic rings. The molecule has 28 heavy (non-hydrogen) atoms. The standard InChI is InChI=1S/C21H20ClN3O3/c1-14-5-3-4-6-16(14)12-24-10-9-20(27)25(21(24)28)13-19(26)23-17-8-7-15(2)18(22)11-17/h3-11H,12-13H2,1-2H3,(H,23,26). The zero-order valence-corrected chi connectivity index (χ0v) is 16.4. The Kier molecular flexibility index (Phi) is 5.80. The Morgan fingerprint density at radius 1 is 1.04 bits per heavy atom. The number of nitrogens with one attached hydrogen (secondary N) is 1. The Labute approximate surface area is 167 Å². The van der Waals surface area contributed by atoms with E-state index in [0.717, 1.165) is 21.3 Å². The fraction of sp³-hybridized carbons (Fsp3) is 0.190. The van der Waals surface area contributed by atoms with Crippen LogP contribution in [0, 0.1) is 13.8 Å². The monoisotopic (exact) mass is 397 g/mol. The molecule has 0 spiro atoms. The highest BCUT2D eigenvalue weighted by Gasteiger charge is 2.11. The van der Waals surface area contributed by atoms with E-state index in [1.165, 1.54) is 16.8 Å². The molecule has 1 heterocycles. The minimum absolute atomic E-state index is 0.320. The van der Waals surface area contributed by atoms with Crippen molar-refractivity contribution >= 4 is 23.2 Å². The third-order valence-electron chi connectivity index (χ3n) is 4.50. The number of rotatable bonds is 5. The van der Waals surface area contributed by atoms with Crippen molar-refractivity contribution < 1.29 is 4.79 Å². The van der Waals surface area contributed by atoms with E-state index in [9.17, 15) is 14.4 Å². The van der Waals surface area contributed by atoms with Crippen LogP contribution in [0.3, 0.4) is 0 Å². The van der Waals surface area contributed by atoms with Crippen LogP contribution in [0.5, 0.6) is 0 Å². The molecule has 0 fully saturated rings. The summed E-state index contributed by atoms with van der Waals surface area (Å²) < 4.78 is 2.34. The lowest BCUT2D eigenvalue weighted by Crippen LogP contribution is -2.41. The van der Waals surface area contributed by atoms with E-state index in [1.54, 1.807) is 18.2 Å². The Hall–Kier alpha value is -3.12. The molecule has 0 saturated carbocycles. The van der Waals surface area contributed by atoms with Crippen molar-refractivity contribution in [3.8, 4) is 0 Å². The van der Waals surface area contributed by atoms with Gasteiger partial charge in [-0.1, -0.05) is 41.9 Å². The van der Waals surface area contributed by atoms with E-state index < -0.39 is 17.2 Å². The molecular formula is C21H20ClN3O3. The van der Waals surface area contributed by atoms with Gasteiger partial charge in [-0.15, -0.1) is 0 Å². The summed E-state index contributed by atoms with van der Waals surface area (Å²) in [5.41, 5.74) is 2.34. The quantitative estimate of drug-likeness (QED) is 0.719. The lowest BCUT2D eigenvalue weighted by Gasteiger charge is -2.12. The van der Waals surface area contributed by atoms with Gasteiger partial charge < -0.3 is 5.32 Å². The molecule has 0 atom stereocenters. The van der Waals surface area contributed by atoms with Crippen molar-refractivity contribution in [3.63, 3.8) is 0 Å². The molecule has 7 heteroatoms. The molecule has 1 amide bonds. The molecule has 0 aliphatic heterocycles. The maximum absolute atomic E-state index is 12.7. The van der Waals surface area contributed by atoms with Crippen molar-refractivity contribution in [2.24, 2.45) is 0 Å². The number of carbonyl (C=O) groups excluding carboxylic acids is 1. The molecule has 0 bridgehead atoms. The van der Waals surface area contributed by atoms with Crippen LogP contribution in [0.25, 0.3) is 0 Å². The Morgan fingerprint density at radius 2 is 1.79 bits per heavy atom. The molecule has 0 aliphatic rings. The largest absolute Gasteiger partial charge is 0.331 e. The predicted molar refractivity (Wildman–Crippen MR) is 110 cm³/mol. The minimum atomic E-state index is -0.534. The summed E-state index contributed by atoms with van der Waals surface area (Å²) in [7, 11) is 0. The Balaban J connectivity index is 1.82. The summed E-state index contributed by atoms with van der Waals surface area (Å²) in [5.74, 6) is -0.479. The van der Waals surface area contributed by atoms with Crippen molar-refractivity contribution in [1.29, 1.82) is 0 Å². The van der Waals surface area contributed by atoms with Crippen molar-refractivity contribution in [1.82, 2.24) is 9.13 Å². The zero-order chi connectivity index (χ0) is 20.3. The van der Waals surface area contributed by atoms with Gasteiger partial charge >= 0.3 is 5.69 Å². The Morgan fingerprint density at radius 3 is 2.50 bits per heavy atom. The summed E-state index contributed by atoms with van der Waals surface area (Å²) in [6, 6.07) is 14.1. The highest BCUT2D eigenvalue weighted by atomic mass is 35.5. The topological polar surface area (TPSA) is 73.1 Å². The first kappa shape index (κ1) is 19.6. The van der Waals surface area contributed by atoms with Gasteiger partial charge in [-0.25, -0.2) is 4.79 Å². The van der Waals surface area contributed by atoms with Crippen LogP contribution in [0.15, 0.2) is 64.3 Å². The van der Waals surface area contributed by atoms with Gasteiger partial charge in [-0.05, 0) is 42.7 Å². The highest BCUT2D eigenvalue weighted by Crippen LogP contribution is 2.19. The number of nitrogens with zero attached hydrogens (tertiary/aromatic N) is 2. The second-order valence-corrected chi connectivity index (χ2v) is 7.00. The van der Waals surface area contributed by atoms with Crippen LogP contribution >= 0.6 is 11.6 Å². The van der Waals surface area contributed by atoms with Gasteiger partial charge in [-0.2, -0.15) is 0 Å². The maximum Gasteiger partial charge on any atom is 0.331 e. The molecule has 2 aromatic carbocycles. The second kappa shape index (κ2) is 8.27. The number of amides is 1. The van der Waals surface area contributed by atoms with Crippen molar-refractivity contribution in [3.05, 3.63) is 97.3 Å². The number of aryl methyl sites for hydroxylation is 2. The first-order valence-corrected chi connectivity index (χ1v) is 9.14. The van der Waals surface area contributed by atoms with Gasteiger partial charge in [0.25, 0.3) is 5.56 Å². The molecule has 3 rings (SSSR count). The van der Waals surface area contributed by atoms with E-state index >= 15 is 0 Å². The van der Waals surface area contributed by atoms with Crippen LogP contribution in [0.1, 0.15) is 16.7 Å². The number of aromatic nitrogens is 2. The predicted octanol–water partition coefficient (Wildman–Crippen LogP) is 2.97. The van der Waals surface area contributed by atoms with Crippen LogP contribution in [0.2, 0.25) is 5.02 Å². The summed E-state index contributed by atoms with van der Waals surface area (Å²) in [6.07, 6.45) is 1.45. The summed E-state index contributed by atoms with van der Waals surface area (Å²) >= 11 is 6.06. The van der Waals surface area contributed by atoms with E-state index in [1.807, 2.05) is 38.1 Å². The first-order valence-electron chi connectivity index (χ1n) is 8.76. The fourth-order valence-corrected chi connectivity index (χ4v) is 2.99. The molecule has 0 radical (unpaired) electrons. The molecule has 1 aromatic heterocycles. The molecule has 144 valence electrons.